The van der Waals surface area contributed by atoms with Gasteiger partial charge >= 0.3 is 11.9 Å². The summed E-state index contributed by atoms with van der Waals surface area (Å²) in [5, 5.41) is 20.6. The molecule has 0 aromatic heterocycles. The molecule has 2 aromatic carbocycles. The first kappa shape index (κ1) is 20.9. The molecule has 0 saturated heterocycles. The second-order valence-electron chi connectivity index (χ2n) is 5.89. The van der Waals surface area contributed by atoms with E-state index in [4.69, 9.17) is 18.9 Å². The summed E-state index contributed by atoms with van der Waals surface area (Å²) < 4.78 is 20.9. The molecule has 28 heavy (non-hydrogen) atoms. The van der Waals surface area contributed by atoms with Crippen LogP contribution in [0.1, 0.15) is 35.3 Å². The molecular formula is C20H22O8. The molecule has 0 fully saturated rings. The standard InChI is InChI=1S/C20H22O8/c1-5-26-20(24)18-15(22)6-11(2)7-17(18)28-19-13(10-27-12(3)21)8-14(25-4)9-16(19)23/h6-9,22-23H,5,10H2,1-4H3. The van der Waals surface area contributed by atoms with Crippen LogP contribution in [0.3, 0.4) is 0 Å². The fraction of sp³-hybridized carbons (Fsp3) is 0.300. The average Bonchev–Trinajstić information content (AvgIpc) is 2.61. The van der Waals surface area contributed by atoms with E-state index in [1.165, 1.54) is 38.3 Å². The van der Waals surface area contributed by atoms with Crippen molar-refractivity contribution in [3.8, 4) is 28.7 Å². The Labute approximate surface area is 162 Å². The molecule has 2 rings (SSSR count). The third-order valence-electron chi connectivity index (χ3n) is 3.70. The minimum atomic E-state index is -0.774. The van der Waals surface area contributed by atoms with E-state index in [2.05, 4.69) is 0 Å². The molecule has 0 radical (unpaired) electrons. The molecule has 0 amide bonds. The minimum Gasteiger partial charge on any atom is -0.507 e. The molecule has 150 valence electrons. The third-order valence-corrected chi connectivity index (χ3v) is 3.70. The molecule has 0 saturated carbocycles. The molecule has 0 aliphatic heterocycles. The van der Waals surface area contributed by atoms with Gasteiger partial charge in [-0.25, -0.2) is 4.79 Å². The lowest BCUT2D eigenvalue weighted by Gasteiger charge is -2.17. The predicted octanol–water partition coefficient (Wildman–Crippen LogP) is 3.45. The van der Waals surface area contributed by atoms with E-state index < -0.39 is 11.9 Å². The van der Waals surface area contributed by atoms with Gasteiger partial charge in [-0.2, -0.15) is 0 Å². The van der Waals surface area contributed by atoms with Gasteiger partial charge in [0, 0.05) is 18.6 Å². The Morgan fingerprint density at radius 1 is 1.04 bits per heavy atom. The van der Waals surface area contributed by atoms with Gasteiger partial charge in [-0.3, -0.25) is 4.79 Å². The summed E-state index contributed by atoms with van der Waals surface area (Å²) in [4.78, 5) is 23.4. The van der Waals surface area contributed by atoms with E-state index in [0.717, 1.165) is 0 Å². The summed E-state index contributed by atoms with van der Waals surface area (Å²) in [5.74, 6) is -1.64. The van der Waals surface area contributed by atoms with Crippen molar-refractivity contribution in [2.45, 2.75) is 27.4 Å². The number of phenolic OH excluding ortho intramolecular Hbond substituents is 2. The van der Waals surface area contributed by atoms with Crippen LogP contribution in [-0.2, 0) is 20.9 Å². The van der Waals surface area contributed by atoms with Crippen molar-refractivity contribution in [3.05, 3.63) is 41.0 Å². The molecule has 0 aliphatic carbocycles. The SMILES string of the molecule is CCOC(=O)c1c(O)cc(C)cc1Oc1c(O)cc(OC)cc1COC(C)=O. The zero-order chi connectivity index (χ0) is 20.8. The highest BCUT2D eigenvalue weighted by atomic mass is 16.5. The van der Waals surface area contributed by atoms with Crippen LogP contribution in [0.5, 0.6) is 28.7 Å². The van der Waals surface area contributed by atoms with E-state index in [-0.39, 0.29) is 41.8 Å². The number of aromatic hydroxyl groups is 2. The maximum absolute atomic E-state index is 12.3. The third kappa shape index (κ3) is 4.85. The van der Waals surface area contributed by atoms with Crippen LogP contribution < -0.4 is 9.47 Å². The van der Waals surface area contributed by atoms with Gasteiger partial charge in [0.05, 0.1) is 13.7 Å². The molecule has 0 unspecified atom stereocenters. The Bertz CT molecular complexity index is 888. The lowest BCUT2D eigenvalue weighted by Crippen LogP contribution is -2.08. The Balaban J connectivity index is 2.55. The normalized spacial score (nSPS) is 10.3. The number of carbonyl (C=O) groups excluding carboxylic acids is 2. The number of methoxy groups -OCH3 is 1. The molecule has 0 bridgehead atoms. The van der Waals surface area contributed by atoms with Gasteiger partial charge in [-0.05, 0) is 37.6 Å². The maximum Gasteiger partial charge on any atom is 0.345 e. The van der Waals surface area contributed by atoms with Gasteiger partial charge in [0.15, 0.2) is 11.5 Å². The van der Waals surface area contributed by atoms with Crippen molar-refractivity contribution in [1.29, 1.82) is 0 Å². The van der Waals surface area contributed by atoms with Crippen LogP contribution in [0.25, 0.3) is 0 Å². The zero-order valence-corrected chi connectivity index (χ0v) is 16.1. The van der Waals surface area contributed by atoms with Crippen LogP contribution in [0.2, 0.25) is 0 Å². The first-order valence-electron chi connectivity index (χ1n) is 8.48. The number of esters is 2. The van der Waals surface area contributed by atoms with E-state index in [0.29, 0.717) is 16.9 Å². The van der Waals surface area contributed by atoms with E-state index >= 15 is 0 Å². The van der Waals surface area contributed by atoms with Gasteiger partial charge in [-0.15, -0.1) is 0 Å². The highest BCUT2D eigenvalue weighted by Crippen LogP contribution is 2.41. The van der Waals surface area contributed by atoms with Gasteiger partial charge < -0.3 is 29.2 Å². The molecule has 0 spiro atoms. The molecule has 2 aromatic rings. The molecule has 0 atom stereocenters. The second kappa shape index (κ2) is 8.98. The van der Waals surface area contributed by atoms with Crippen molar-refractivity contribution in [3.63, 3.8) is 0 Å². The van der Waals surface area contributed by atoms with Crippen molar-refractivity contribution in [2.24, 2.45) is 0 Å². The second-order valence-corrected chi connectivity index (χ2v) is 5.89. The Morgan fingerprint density at radius 3 is 2.36 bits per heavy atom. The van der Waals surface area contributed by atoms with Gasteiger partial charge in [0.2, 0.25) is 0 Å². The minimum absolute atomic E-state index is 0.0134. The van der Waals surface area contributed by atoms with E-state index in [1.807, 2.05) is 0 Å². The number of carbonyl (C=O) groups is 2. The number of hydrogen-bond acceptors (Lipinski definition) is 8. The number of benzene rings is 2. The van der Waals surface area contributed by atoms with Crippen LogP contribution in [0.4, 0.5) is 0 Å². The van der Waals surface area contributed by atoms with Crippen molar-refractivity contribution < 1.29 is 38.7 Å². The summed E-state index contributed by atoms with van der Waals surface area (Å²) in [6.07, 6.45) is 0. The smallest absolute Gasteiger partial charge is 0.345 e. The zero-order valence-electron chi connectivity index (χ0n) is 16.1. The number of aryl methyl sites for hydroxylation is 1. The Hall–Kier alpha value is -3.42. The average molecular weight is 390 g/mol. The largest absolute Gasteiger partial charge is 0.507 e. The first-order chi connectivity index (χ1) is 13.3. The van der Waals surface area contributed by atoms with Gasteiger partial charge in [-0.1, -0.05) is 0 Å². The van der Waals surface area contributed by atoms with Crippen molar-refractivity contribution in [1.82, 2.24) is 0 Å². The van der Waals surface area contributed by atoms with Gasteiger partial charge in [0.1, 0.15) is 29.4 Å². The monoisotopic (exact) mass is 390 g/mol. The number of hydrogen-bond donors (Lipinski definition) is 2. The van der Waals surface area contributed by atoms with Crippen LogP contribution in [-0.4, -0.2) is 35.9 Å². The first-order valence-corrected chi connectivity index (χ1v) is 8.48. The van der Waals surface area contributed by atoms with Crippen LogP contribution in [0, 0.1) is 6.92 Å². The molecule has 2 N–H and O–H groups in total. The highest BCUT2D eigenvalue weighted by molar-refractivity contribution is 5.95. The molecule has 0 aliphatic rings. The Morgan fingerprint density at radius 2 is 1.75 bits per heavy atom. The molecular weight excluding hydrogens is 368 g/mol. The highest BCUT2D eigenvalue weighted by Gasteiger charge is 2.23. The van der Waals surface area contributed by atoms with Gasteiger partial charge in [0.25, 0.3) is 0 Å². The Kier molecular flexibility index (Phi) is 6.70. The predicted molar refractivity (Wildman–Crippen MR) is 99.0 cm³/mol. The van der Waals surface area contributed by atoms with Crippen LogP contribution >= 0.6 is 0 Å². The summed E-state index contributed by atoms with van der Waals surface area (Å²) >= 11 is 0. The molecule has 8 heteroatoms. The van der Waals surface area contributed by atoms with E-state index in [9.17, 15) is 19.8 Å². The molecule has 0 heterocycles. The van der Waals surface area contributed by atoms with E-state index in [1.54, 1.807) is 13.8 Å². The number of phenols is 2. The van der Waals surface area contributed by atoms with Crippen LogP contribution in [0.15, 0.2) is 24.3 Å². The maximum atomic E-state index is 12.3. The quantitative estimate of drug-likeness (QED) is 0.692. The number of ether oxygens (including phenoxy) is 4. The summed E-state index contributed by atoms with van der Waals surface area (Å²) in [6.45, 7) is 4.50. The summed E-state index contributed by atoms with van der Waals surface area (Å²) in [5.41, 5.74) is 0.749. The fourth-order valence-electron chi connectivity index (χ4n) is 2.50. The lowest BCUT2D eigenvalue weighted by molar-refractivity contribution is -0.142. The fourth-order valence-corrected chi connectivity index (χ4v) is 2.50. The number of rotatable bonds is 7. The topological polar surface area (TPSA) is 112 Å². The summed E-state index contributed by atoms with van der Waals surface area (Å²) in [6, 6.07) is 5.75. The summed E-state index contributed by atoms with van der Waals surface area (Å²) in [7, 11) is 1.42. The lowest BCUT2D eigenvalue weighted by atomic mass is 10.1. The van der Waals surface area contributed by atoms with Crippen molar-refractivity contribution in [2.75, 3.05) is 13.7 Å². The molecule has 8 nitrogen and oxygen atoms in total. The van der Waals surface area contributed by atoms with Crippen molar-refractivity contribution >= 4 is 11.9 Å².